The Morgan fingerprint density at radius 2 is 0.545 bits per heavy atom. The first-order chi connectivity index (χ1) is 30.1. The minimum Gasteiger partial charge on any atom is -0.456 e. The zero-order chi connectivity index (χ0) is 45.3. The SMILES string of the molecule is CCCNC(=O)c1ccc(-c2ccc(-c3ccc(C(=O)NCCC)cc3)o2)cc1.CCNC(=O)c1ccc(-c2ccc(-c3ccc(C(=O)NCC)cc3)o2)cc1.CNC.CNC.Cl.Cl.Cl.Cl. The van der Waals surface area contributed by atoms with E-state index in [1.807, 2.05) is 129 Å². The lowest BCUT2D eigenvalue weighted by atomic mass is 10.1. The quantitative estimate of drug-likeness (QED) is 0.0627. The van der Waals surface area contributed by atoms with Crippen molar-refractivity contribution in [3.8, 4) is 45.3 Å². The molecule has 0 aliphatic heterocycles. The number of hydrogen-bond acceptors (Lipinski definition) is 8. The maximum Gasteiger partial charge on any atom is 0.251 e. The third-order valence-electron chi connectivity index (χ3n) is 8.68. The second kappa shape index (κ2) is 34.7. The maximum atomic E-state index is 12.0. The predicted molar refractivity (Wildman–Crippen MR) is 279 cm³/mol. The third kappa shape index (κ3) is 19.9. The topological polar surface area (TPSA) is 167 Å². The average molecular weight is 989 g/mol. The van der Waals surface area contributed by atoms with E-state index in [4.69, 9.17) is 8.83 Å². The summed E-state index contributed by atoms with van der Waals surface area (Å²) in [6.45, 7) is 10.3. The van der Waals surface area contributed by atoms with Crippen LogP contribution in [0.3, 0.4) is 0 Å². The summed E-state index contributed by atoms with van der Waals surface area (Å²) >= 11 is 0. The summed E-state index contributed by atoms with van der Waals surface area (Å²) in [5.41, 5.74) is 6.10. The first kappa shape index (κ1) is 62.5. The lowest BCUT2D eigenvalue weighted by molar-refractivity contribution is 0.0945. The van der Waals surface area contributed by atoms with Gasteiger partial charge in [-0.1, -0.05) is 62.4 Å². The number of rotatable bonds is 14. The molecule has 0 aliphatic rings. The normalized spacial score (nSPS) is 9.45. The Morgan fingerprint density at radius 3 is 0.727 bits per heavy atom. The third-order valence-corrected chi connectivity index (χ3v) is 8.68. The Morgan fingerprint density at radius 1 is 0.348 bits per heavy atom. The van der Waals surface area contributed by atoms with Crippen LogP contribution in [0, 0.1) is 0 Å². The molecule has 0 spiro atoms. The second-order valence-electron chi connectivity index (χ2n) is 13.9. The van der Waals surface area contributed by atoms with Gasteiger partial charge < -0.3 is 40.7 Å². The Labute approximate surface area is 414 Å². The Hall–Kier alpha value is -5.60. The fourth-order valence-electron chi connectivity index (χ4n) is 5.65. The molecule has 4 aromatic carbocycles. The van der Waals surface area contributed by atoms with Crippen LogP contribution >= 0.6 is 49.6 Å². The molecular weight excluding hydrogens is 922 g/mol. The Balaban J connectivity index is 0. The molecule has 0 atom stereocenters. The molecule has 12 nitrogen and oxygen atoms in total. The Kier molecular flexibility index (Phi) is 32.9. The molecule has 66 heavy (non-hydrogen) atoms. The molecule has 4 amide bonds. The summed E-state index contributed by atoms with van der Waals surface area (Å²) in [5, 5.41) is 16.8. The van der Waals surface area contributed by atoms with E-state index >= 15 is 0 Å². The molecule has 0 bridgehead atoms. The van der Waals surface area contributed by atoms with Gasteiger partial charge in [0, 0.05) is 70.7 Å². The van der Waals surface area contributed by atoms with E-state index in [9.17, 15) is 19.2 Å². The van der Waals surface area contributed by atoms with Crippen LogP contribution in [-0.4, -0.2) is 78.0 Å². The largest absolute Gasteiger partial charge is 0.456 e. The summed E-state index contributed by atoms with van der Waals surface area (Å²) in [5.74, 6) is 2.59. The summed E-state index contributed by atoms with van der Waals surface area (Å²) in [7, 11) is 7.50. The number of furan rings is 2. The highest BCUT2D eigenvalue weighted by atomic mass is 35.5. The van der Waals surface area contributed by atoms with Gasteiger partial charge >= 0.3 is 0 Å². The predicted octanol–water partition coefficient (Wildman–Crippen LogP) is 10.4. The second-order valence-corrected chi connectivity index (χ2v) is 13.9. The van der Waals surface area contributed by atoms with E-state index < -0.39 is 0 Å². The van der Waals surface area contributed by atoms with Crippen LogP contribution < -0.4 is 31.9 Å². The molecule has 0 saturated heterocycles. The van der Waals surface area contributed by atoms with Gasteiger partial charge in [-0.05, 0) is 128 Å². The number of carbonyl (C=O) groups is 4. The van der Waals surface area contributed by atoms with Crippen LogP contribution in [0.1, 0.15) is 82.0 Å². The van der Waals surface area contributed by atoms with Crippen LogP contribution in [0.5, 0.6) is 0 Å². The molecule has 2 heterocycles. The van der Waals surface area contributed by atoms with Crippen LogP contribution in [0.25, 0.3) is 45.3 Å². The Bertz CT molecular complexity index is 2110. The van der Waals surface area contributed by atoms with Crippen LogP contribution in [-0.2, 0) is 0 Å². The molecule has 6 rings (SSSR count). The first-order valence-corrected chi connectivity index (χ1v) is 21.0. The molecule has 0 unspecified atom stereocenters. The van der Waals surface area contributed by atoms with Gasteiger partial charge in [0.1, 0.15) is 23.0 Å². The van der Waals surface area contributed by atoms with Crippen molar-refractivity contribution in [3.63, 3.8) is 0 Å². The minimum atomic E-state index is -0.0867. The van der Waals surface area contributed by atoms with E-state index in [1.165, 1.54) is 0 Å². The molecule has 360 valence electrons. The molecule has 6 aromatic rings. The van der Waals surface area contributed by atoms with E-state index in [0.717, 1.165) is 58.1 Å². The van der Waals surface area contributed by atoms with Gasteiger partial charge in [0.2, 0.25) is 0 Å². The van der Waals surface area contributed by atoms with Crippen molar-refractivity contribution in [2.24, 2.45) is 0 Å². The van der Waals surface area contributed by atoms with Crippen molar-refractivity contribution in [2.75, 3.05) is 54.4 Å². The first-order valence-electron chi connectivity index (χ1n) is 21.0. The minimum absolute atomic E-state index is 0. The van der Waals surface area contributed by atoms with Crippen molar-refractivity contribution in [2.45, 2.75) is 40.5 Å². The van der Waals surface area contributed by atoms with Gasteiger partial charge in [-0.25, -0.2) is 0 Å². The van der Waals surface area contributed by atoms with Crippen LogP contribution in [0.15, 0.2) is 130 Å². The lowest BCUT2D eigenvalue weighted by Crippen LogP contribution is -2.23. The smallest absolute Gasteiger partial charge is 0.251 e. The molecule has 6 N–H and O–H groups in total. The van der Waals surface area contributed by atoms with E-state index in [1.54, 1.807) is 48.5 Å². The van der Waals surface area contributed by atoms with Crippen molar-refractivity contribution >= 4 is 73.3 Å². The van der Waals surface area contributed by atoms with E-state index in [-0.39, 0.29) is 73.3 Å². The van der Waals surface area contributed by atoms with Crippen molar-refractivity contribution in [1.82, 2.24) is 31.9 Å². The maximum absolute atomic E-state index is 12.0. The fraction of sp³-hybridized carbons (Fsp3) is 0.280. The van der Waals surface area contributed by atoms with E-state index in [2.05, 4.69) is 31.9 Å². The monoisotopic (exact) mass is 986 g/mol. The summed E-state index contributed by atoms with van der Waals surface area (Å²) < 4.78 is 11.9. The molecule has 0 radical (unpaired) electrons. The number of carbonyl (C=O) groups excluding carboxylic acids is 4. The molecule has 0 saturated carbocycles. The highest BCUT2D eigenvalue weighted by Gasteiger charge is 2.12. The number of amides is 4. The van der Waals surface area contributed by atoms with Crippen molar-refractivity contribution in [3.05, 3.63) is 144 Å². The van der Waals surface area contributed by atoms with Gasteiger partial charge in [-0.2, -0.15) is 0 Å². The number of hydrogen-bond donors (Lipinski definition) is 6. The van der Waals surface area contributed by atoms with Gasteiger partial charge in [0.25, 0.3) is 23.6 Å². The van der Waals surface area contributed by atoms with Gasteiger partial charge in [0.05, 0.1) is 0 Å². The van der Waals surface area contributed by atoms with Gasteiger partial charge in [-0.15, -0.1) is 49.6 Å². The summed E-state index contributed by atoms with van der Waals surface area (Å²) in [6, 6.07) is 36.9. The van der Waals surface area contributed by atoms with Gasteiger partial charge in [0.15, 0.2) is 0 Å². The number of benzene rings is 4. The zero-order valence-electron chi connectivity index (χ0n) is 38.9. The number of nitrogens with one attached hydrogen (secondary N) is 6. The molecule has 0 fully saturated rings. The molecular formula is C50H66Cl4N6O6. The lowest BCUT2D eigenvalue weighted by Gasteiger charge is -2.05. The molecule has 16 heteroatoms. The van der Waals surface area contributed by atoms with Crippen LogP contribution in [0.2, 0.25) is 0 Å². The highest BCUT2D eigenvalue weighted by molar-refractivity contribution is 5.96. The number of halogens is 4. The zero-order valence-corrected chi connectivity index (χ0v) is 42.1. The van der Waals surface area contributed by atoms with Crippen LogP contribution in [0.4, 0.5) is 0 Å². The van der Waals surface area contributed by atoms with Crippen molar-refractivity contribution < 1.29 is 28.0 Å². The summed E-state index contributed by atoms with van der Waals surface area (Å²) in [4.78, 5) is 47.7. The highest BCUT2D eigenvalue weighted by Crippen LogP contribution is 2.30. The van der Waals surface area contributed by atoms with Crippen molar-refractivity contribution in [1.29, 1.82) is 0 Å². The van der Waals surface area contributed by atoms with Gasteiger partial charge in [-0.3, -0.25) is 19.2 Å². The summed E-state index contributed by atoms with van der Waals surface area (Å²) in [6.07, 6.45) is 1.81. The standard InChI is InChI=1S/C24H26N2O3.C22H22N2O3.2C2H7N.4ClH/c1-3-15-25-23(27)19-9-5-17(6-10-19)21-13-14-22(29-21)18-7-11-20(12-8-18)24(28)26-16-4-2;1-3-23-21(25)17-9-5-15(6-10-17)19-13-14-20(27-19)16-7-11-18(12-8-16)22(26)24-4-2;2*1-3-2;;;;/h5-14H,3-4,15-16H2,1-2H3,(H,25,27)(H,26,28);5-14H,3-4H2,1-2H3,(H,23,25)(H,24,26);2*3H,1-2H3;4*1H. The molecule has 2 aromatic heterocycles. The molecule has 0 aliphatic carbocycles. The average Bonchev–Trinajstić information content (AvgIpc) is 4.01. The van der Waals surface area contributed by atoms with E-state index in [0.29, 0.717) is 48.4 Å². The fourth-order valence-corrected chi connectivity index (χ4v) is 5.65.